The van der Waals surface area contributed by atoms with E-state index in [2.05, 4.69) is 22.2 Å². The smallest absolute Gasteiger partial charge is 0.322 e. The van der Waals surface area contributed by atoms with Gasteiger partial charge in [-0.15, -0.1) is 0 Å². The van der Waals surface area contributed by atoms with E-state index >= 15 is 0 Å². The minimum Gasteiger partial charge on any atom is -0.370 e. The van der Waals surface area contributed by atoms with Crippen LogP contribution in [-0.4, -0.2) is 36.2 Å². The van der Waals surface area contributed by atoms with Crippen molar-refractivity contribution in [3.63, 3.8) is 0 Å². The van der Waals surface area contributed by atoms with Crippen LogP contribution in [0, 0.1) is 5.82 Å². The lowest BCUT2D eigenvalue weighted by Crippen LogP contribution is -2.59. The van der Waals surface area contributed by atoms with E-state index in [-0.39, 0.29) is 23.0 Å². The van der Waals surface area contributed by atoms with Crippen molar-refractivity contribution < 1.29 is 22.3 Å². The van der Waals surface area contributed by atoms with E-state index in [1.165, 1.54) is 17.7 Å². The first-order chi connectivity index (χ1) is 20.4. The molecule has 1 aliphatic heterocycles. The maximum absolute atomic E-state index is 13.6. The minimum atomic E-state index is -3.56. The molecule has 2 N–H and O–H groups in total. The van der Waals surface area contributed by atoms with Crippen LogP contribution in [0.4, 0.5) is 14.9 Å². The van der Waals surface area contributed by atoms with E-state index in [0.717, 1.165) is 60.9 Å². The first-order valence-corrected chi connectivity index (χ1v) is 16.7. The Hall–Kier alpha value is -3.27. The first kappa shape index (κ1) is 29.8. The van der Waals surface area contributed by atoms with E-state index in [9.17, 15) is 17.6 Å². The molecule has 0 radical (unpaired) electrons. The lowest BCUT2D eigenvalue weighted by atomic mass is 9.55. The molecule has 3 aromatic carbocycles. The average Bonchev–Trinajstić information content (AvgIpc) is 3.41. The molecular formula is C34H40FN3O4S. The van der Waals surface area contributed by atoms with Gasteiger partial charge in [-0.05, 0) is 104 Å². The fraction of sp³-hybridized carbons (Fsp3) is 0.441. The van der Waals surface area contributed by atoms with Crippen LogP contribution in [0.2, 0.25) is 0 Å². The van der Waals surface area contributed by atoms with Crippen LogP contribution in [0.1, 0.15) is 74.6 Å². The molecule has 7 nitrogen and oxygen atoms in total. The number of hydrogen-bond acceptors (Lipinski definition) is 4. The maximum Gasteiger partial charge on any atom is 0.322 e. The van der Waals surface area contributed by atoms with Gasteiger partial charge in [0.15, 0.2) is 0 Å². The molecule has 2 amide bonds. The Bertz CT molecular complexity index is 1570. The summed E-state index contributed by atoms with van der Waals surface area (Å²) in [5.41, 5.74) is 3.59. The molecule has 0 spiro atoms. The summed E-state index contributed by atoms with van der Waals surface area (Å²) >= 11 is 0. The molecule has 43 heavy (non-hydrogen) atoms. The third-order valence-electron chi connectivity index (χ3n) is 9.55. The van der Waals surface area contributed by atoms with Gasteiger partial charge in [0.2, 0.25) is 10.0 Å². The molecule has 3 saturated carbocycles. The number of anilines is 1. The summed E-state index contributed by atoms with van der Waals surface area (Å²) in [5, 5.41) is 2.98. The van der Waals surface area contributed by atoms with E-state index in [1.807, 2.05) is 56.3 Å². The number of fused-ring (bicyclic) bond motifs is 4. The van der Waals surface area contributed by atoms with Gasteiger partial charge in [0.1, 0.15) is 5.82 Å². The Morgan fingerprint density at radius 2 is 1.56 bits per heavy atom. The monoisotopic (exact) mass is 605 g/mol. The predicted octanol–water partition coefficient (Wildman–Crippen LogP) is 6.63. The number of benzene rings is 3. The van der Waals surface area contributed by atoms with Gasteiger partial charge in [-0.3, -0.25) is 0 Å². The molecule has 0 aromatic heterocycles. The Labute approximate surface area is 253 Å². The lowest BCUT2D eigenvalue weighted by Gasteiger charge is -2.54. The molecular weight excluding hydrogens is 565 g/mol. The zero-order valence-corrected chi connectivity index (χ0v) is 25.7. The summed E-state index contributed by atoms with van der Waals surface area (Å²) in [7, 11) is -3.56. The normalized spacial score (nSPS) is 23.3. The van der Waals surface area contributed by atoms with Gasteiger partial charge in [-0.2, -0.15) is 0 Å². The lowest BCUT2D eigenvalue weighted by molar-refractivity contribution is -0.0128. The maximum atomic E-state index is 13.6. The van der Waals surface area contributed by atoms with E-state index < -0.39 is 21.2 Å². The second-order valence-corrected chi connectivity index (χ2v) is 15.0. The fourth-order valence-electron chi connectivity index (χ4n) is 7.11. The van der Waals surface area contributed by atoms with Gasteiger partial charge >= 0.3 is 6.03 Å². The van der Waals surface area contributed by atoms with Gasteiger partial charge in [-0.1, -0.05) is 48.5 Å². The number of hydrogen-bond donors (Lipinski definition) is 2. The molecule has 9 heteroatoms. The molecule has 0 saturated heterocycles. The molecule has 7 rings (SSSR count). The van der Waals surface area contributed by atoms with Crippen LogP contribution >= 0.6 is 0 Å². The number of carbonyl (C=O) groups excluding carboxylic acids is 1. The van der Waals surface area contributed by atoms with Gasteiger partial charge in [-0.25, -0.2) is 22.3 Å². The molecule has 4 aliphatic rings. The zero-order valence-electron chi connectivity index (χ0n) is 24.9. The number of ether oxygens (including phenoxy) is 1. The van der Waals surface area contributed by atoms with Crippen LogP contribution in [0.15, 0.2) is 72.8 Å². The van der Waals surface area contributed by atoms with Crippen LogP contribution in [0.3, 0.4) is 0 Å². The topological polar surface area (TPSA) is 87.7 Å². The Morgan fingerprint density at radius 1 is 0.907 bits per heavy atom. The molecule has 2 bridgehead atoms. The highest BCUT2D eigenvalue weighted by Gasteiger charge is 2.51. The third kappa shape index (κ3) is 6.64. The number of rotatable bonds is 9. The second-order valence-electron chi connectivity index (χ2n) is 13.2. The minimum absolute atomic E-state index is 0.0223. The van der Waals surface area contributed by atoms with E-state index in [1.54, 1.807) is 11.0 Å². The SMILES string of the molecule is CC(C)(CS(=O)(=O)NC12CCC(c3ccc(NC(=O)N4Cc5ccc(F)cc5C4)cc3)(CC1)CC2)OCc1ccccc1. The van der Waals surface area contributed by atoms with E-state index in [4.69, 9.17) is 4.74 Å². The molecule has 3 aromatic rings. The number of amides is 2. The molecule has 0 unspecified atom stereocenters. The molecule has 228 valence electrons. The van der Waals surface area contributed by atoms with Gasteiger partial charge in [0.25, 0.3) is 0 Å². The molecule has 1 heterocycles. The summed E-state index contributed by atoms with van der Waals surface area (Å²) < 4.78 is 49.3. The largest absolute Gasteiger partial charge is 0.370 e. The number of sulfonamides is 1. The summed E-state index contributed by atoms with van der Waals surface area (Å²) in [6, 6.07) is 22.3. The van der Waals surface area contributed by atoms with Crippen molar-refractivity contribution in [1.82, 2.24) is 9.62 Å². The van der Waals surface area contributed by atoms with Crippen molar-refractivity contribution in [1.29, 1.82) is 0 Å². The van der Waals surface area contributed by atoms with Crippen LogP contribution in [-0.2, 0) is 39.9 Å². The Morgan fingerprint density at radius 3 is 2.23 bits per heavy atom. The summed E-state index contributed by atoms with van der Waals surface area (Å²) in [4.78, 5) is 14.6. The average molecular weight is 606 g/mol. The highest BCUT2D eigenvalue weighted by atomic mass is 32.2. The highest BCUT2D eigenvalue weighted by Crippen LogP contribution is 2.54. The van der Waals surface area contributed by atoms with Gasteiger partial charge < -0.3 is 15.0 Å². The van der Waals surface area contributed by atoms with Crippen LogP contribution < -0.4 is 10.0 Å². The molecule has 0 atom stereocenters. The van der Waals surface area contributed by atoms with Crippen molar-refractivity contribution in [2.24, 2.45) is 0 Å². The molecule has 3 fully saturated rings. The summed E-state index contributed by atoms with van der Waals surface area (Å²) in [5.74, 6) is -0.378. The van der Waals surface area contributed by atoms with Crippen molar-refractivity contribution in [2.45, 2.75) is 88.6 Å². The predicted molar refractivity (Wildman–Crippen MR) is 165 cm³/mol. The van der Waals surface area contributed by atoms with Crippen LogP contribution in [0.25, 0.3) is 0 Å². The third-order valence-corrected chi connectivity index (χ3v) is 11.4. The number of nitrogens with zero attached hydrogens (tertiary/aromatic N) is 1. The zero-order chi connectivity index (χ0) is 30.3. The van der Waals surface area contributed by atoms with Gasteiger partial charge in [0.05, 0.1) is 18.0 Å². The second kappa shape index (κ2) is 11.3. The van der Waals surface area contributed by atoms with E-state index in [0.29, 0.717) is 19.7 Å². The summed E-state index contributed by atoms with van der Waals surface area (Å²) in [6.45, 7) is 4.89. The van der Waals surface area contributed by atoms with Crippen molar-refractivity contribution in [3.8, 4) is 0 Å². The Balaban J connectivity index is 1.02. The van der Waals surface area contributed by atoms with Crippen molar-refractivity contribution in [3.05, 3.63) is 101 Å². The highest BCUT2D eigenvalue weighted by molar-refractivity contribution is 7.89. The number of nitrogens with one attached hydrogen (secondary N) is 2. The standard InChI is InChI=1S/C34H40FN3O4S/c1-32(2,42-23-25-6-4-3-5-7-25)24-43(40,41)37-34-17-14-33(15-18-34,16-19-34)28-9-12-30(13-10-28)36-31(39)38-21-26-8-11-29(35)20-27(26)22-38/h3-13,20,37H,14-19,21-24H2,1-2H3,(H,36,39). The number of urea groups is 1. The quantitative estimate of drug-likeness (QED) is 0.287. The first-order valence-electron chi connectivity index (χ1n) is 15.1. The number of halogens is 1. The Kier molecular flexibility index (Phi) is 7.85. The molecule has 3 aliphatic carbocycles. The van der Waals surface area contributed by atoms with Crippen molar-refractivity contribution in [2.75, 3.05) is 11.1 Å². The van der Waals surface area contributed by atoms with Gasteiger partial charge in [0, 0.05) is 24.3 Å². The number of carbonyl (C=O) groups is 1. The fourth-order valence-corrected chi connectivity index (χ4v) is 9.14. The van der Waals surface area contributed by atoms with Crippen molar-refractivity contribution >= 4 is 21.7 Å². The summed E-state index contributed by atoms with van der Waals surface area (Å²) in [6.07, 6.45) is 5.14. The van der Waals surface area contributed by atoms with Crippen LogP contribution in [0.5, 0.6) is 0 Å².